The number of alkyl halides is 3. The number of carbonyl (C=O) groups excluding carboxylic acids is 1. The Kier molecular flexibility index (Phi) is 5.76. The van der Waals surface area contributed by atoms with E-state index in [1.807, 2.05) is 0 Å². The molecule has 2 aromatic rings. The molecular formula is C20H19F5N4O3S. The molecule has 1 aromatic carbocycles. The third-order valence-corrected chi connectivity index (χ3v) is 8.13. The zero-order chi connectivity index (χ0) is 25.0. The molecule has 178 valence electrons. The number of aromatic nitrogens is 1. The third-order valence-electron chi connectivity index (χ3n) is 5.42. The molecule has 0 saturated carbocycles. The number of amidine groups is 1. The first-order valence-corrected chi connectivity index (χ1v) is 11.1. The fourth-order valence-corrected chi connectivity index (χ4v) is 4.91. The van der Waals surface area contributed by atoms with Crippen molar-refractivity contribution in [2.24, 2.45) is 10.7 Å². The Hall–Kier alpha value is -3.09. The summed E-state index contributed by atoms with van der Waals surface area (Å²) in [6, 6.07) is 3.09. The molecule has 0 unspecified atom stereocenters. The van der Waals surface area contributed by atoms with Gasteiger partial charge < -0.3 is 11.1 Å². The van der Waals surface area contributed by atoms with Gasteiger partial charge >= 0.3 is 6.18 Å². The molecule has 0 fully saturated rings. The average molecular weight is 490 g/mol. The molecule has 1 atom stereocenters. The zero-order valence-corrected chi connectivity index (χ0v) is 18.4. The second-order valence-corrected chi connectivity index (χ2v) is 10.8. The van der Waals surface area contributed by atoms with Gasteiger partial charge in [0.15, 0.2) is 21.5 Å². The smallest absolute Gasteiger partial charge is 0.386 e. The lowest BCUT2D eigenvalue weighted by atomic mass is 9.92. The van der Waals surface area contributed by atoms with E-state index in [2.05, 4.69) is 15.3 Å². The lowest BCUT2D eigenvalue weighted by Gasteiger charge is -2.38. The highest BCUT2D eigenvalue weighted by Gasteiger charge is 2.49. The number of hydrogen-bond donors (Lipinski definition) is 2. The lowest BCUT2D eigenvalue weighted by molar-refractivity contribution is -0.137. The monoisotopic (exact) mass is 490 g/mol. The Morgan fingerprint density at radius 2 is 1.79 bits per heavy atom. The van der Waals surface area contributed by atoms with Crippen LogP contribution in [-0.4, -0.2) is 35.6 Å². The summed E-state index contributed by atoms with van der Waals surface area (Å²) < 4.78 is 90.9. The van der Waals surface area contributed by atoms with Crippen molar-refractivity contribution >= 4 is 27.3 Å². The van der Waals surface area contributed by atoms with Crippen molar-refractivity contribution in [2.75, 3.05) is 11.1 Å². The number of nitrogens with two attached hydrogens (primary N) is 1. The van der Waals surface area contributed by atoms with Crippen molar-refractivity contribution in [1.29, 1.82) is 0 Å². The number of carbonyl (C=O) groups is 1. The van der Waals surface area contributed by atoms with Crippen LogP contribution in [-0.2, 0) is 21.6 Å². The van der Waals surface area contributed by atoms with E-state index >= 15 is 0 Å². The Bertz CT molecular complexity index is 1260. The van der Waals surface area contributed by atoms with Gasteiger partial charge in [-0.2, -0.15) is 13.2 Å². The number of sulfone groups is 1. The van der Waals surface area contributed by atoms with Crippen LogP contribution in [0.25, 0.3) is 0 Å². The molecule has 1 aliphatic rings. The van der Waals surface area contributed by atoms with Crippen LogP contribution in [0.15, 0.2) is 35.5 Å². The van der Waals surface area contributed by atoms with E-state index < -0.39 is 66.4 Å². The van der Waals surface area contributed by atoms with Crippen LogP contribution < -0.4 is 11.1 Å². The molecular weight excluding hydrogens is 471 g/mol. The van der Waals surface area contributed by atoms with Crippen LogP contribution in [0.3, 0.4) is 0 Å². The minimum Gasteiger partial charge on any atom is -0.386 e. The van der Waals surface area contributed by atoms with E-state index in [9.17, 15) is 35.2 Å². The molecule has 0 aliphatic carbocycles. The van der Waals surface area contributed by atoms with Gasteiger partial charge in [-0.25, -0.2) is 17.2 Å². The number of pyridine rings is 1. The molecule has 1 aliphatic heterocycles. The number of benzene rings is 1. The van der Waals surface area contributed by atoms with Gasteiger partial charge in [0.05, 0.1) is 11.3 Å². The van der Waals surface area contributed by atoms with Crippen LogP contribution in [0.4, 0.5) is 27.6 Å². The third kappa shape index (κ3) is 4.41. The van der Waals surface area contributed by atoms with Crippen molar-refractivity contribution < 1.29 is 35.2 Å². The zero-order valence-electron chi connectivity index (χ0n) is 17.6. The number of anilines is 1. The molecule has 0 spiro atoms. The van der Waals surface area contributed by atoms with Gasteiger partial charge in [-0.05, 0) is 39.0 Å². The Morgan fingerprint density at radius 1 is 1.15 bits per heavy atom. The minimum absolute atomic E-state index is 0.284. The summed E-state index contributed by atoms with van der Waals surface area (Å²) in [5.74, 6) is -4.75. The largest absolute Gasteiger partial charge is 0.417 e. The fraction of sp³-hybridized carbons (Fsp3) is 0.350. The highest BCUT2D eigenvalue weighted by Crippen LogP contribution is 2.39. The van der Waals surface area contributed by atoms with Gasteiger partial charge in [0.1, 0.15) is 21.8 Å². The number of rotatable bonds is 3. The topological polar surface area (TPSA) is 115 Å². The van der Waals surface area contributed by atoms with Crippen LogP contribution in [0.2, 0.25) is 0 Å². The standard InChI is InChI=1S/C20H19F5N4O3S/c1-18(2)17(26)29-19(3,9-33(18,31)32)12-6-11(7-13(21)15(12)22)28-16(30)14-5-4-10(8-27-14)20(23,24)25/h4-8H,9H2,1-3H3,(H2,26,29)(H,28,30)/t19-/m0/s1. The Labute approximate surface area is 185 Å². The fourth-order valence-electron chi connectivity index (χ4n) is 3.22. The molecule has 2 heterocycles. The SMILES string of the molecule is CC1(C)C(N)=N[C@](C)(c2cc(NC(=O)c3ccc(C(F)(F)F)cn3)cc(F)c2F)CS1(=O)=O. The maximum atomic E-state index is 14.7. The number of nitrogens with one attached hydrogen (secondary N) is 1. The minimum atomic E-state index is -4.65. The molecule has 1 aromatic heterocycles. The summed E-state index contributed by atoms with van der Waals surface area (Å²) in [6.07, 6.45) is -4.19. The van der Waals surface area contributed by atoms with E-state index in [0.29, 0.717) is 18.3 Å². The van der Waals surface area contributed by atoms with E-state index in [-0.39, 0.29) is 11.5 Å². The van der Waals surface area contributed by atoms with Gasteiger partial charge in [0.2, 0.25) is 0 Å². The first-order valence-electron chi connectivity index (χ1n) is 9.40. The van der Waals surface area contributed by atoms with Gasteiger partial charge in [0, 0.05) is 23.5 Å². The molecule has 3 N–H and O–H groups in total. The van der Waals surface area contributed by atoms with Crippen LogP contribution in [0.1, 0.15) is 42.4 Å². The van der Waals surface area contributed by atoms with Crippen molar-refractivity contribution in [2.45, 2.75) is 37.2 Å². The van der Waals surface area contributed by atoms with Gasteiger partial charge in [0.25, 0.3) is 5.91 Å². The first kappa shape index (κ1) is 24.6. The van der Waals surface area contributed by atoms with Crippen molar-refractivity contribution in [3.63, 3.8) is 0 Å². The summed E-state index contributed by atoms with van der Waals surface area (Å²) in [7, 11) is -3.92. The van der Waals surface area contributed by atoms with Crippen LogP contribution in [0, 0.1) is 11.6 Å². The Morgan fingerprint density at radius 3 is 2.30 bits per heavy atom. The lowest BCUT2D eigenvalue weighted by Crippen LogP contribution is -2.55. The molecule has 13 heteroatoms. The van der Waals surface area contributed by atoms with E-state index in [0.717, 1.165) is 12.1 Å². The number of aliphatic imine (C=N–C) groups is 1. The molecule has 0 bridgehead atoms. The molecule has 33 heavy (non-hydrogen) atoms. The predicted octanol–water partition coefficient (Wildman–Crippen LogP) is 3.41. The second-order valence-electron chi connectivity index (χ2n) is 8.24. The maximum absolute atomic E-state index is 14.7. The summed E-state index contributed by atoms with van der Waals surface area (Å²) in [6.45, 7) is 3.93. The summed E-state index contributed by atoms with van der Waals surface area (Å²) >= 11 is 0. The van der Waals surface area contributed by atoms with E-state index in [4.69, 9.17) is 5.73 Å². The van der Waals surface area contributed by atoms with E-state index in [1.54, 1.807) is 0 Å². The number of nitrogens with zero attached hydrogens (tertiary/aromatic N) is 2. The Balaban J connectivity index is 1.99. The number of hydrogen-bond acceptors (Lipinski definition) is 6. The quantitative estimate of drug-likeness (QED) is 0.640. The predicted molar refractivity (Wildman–Crippen MR) is 110 cm³/mol. The number of halogens is 5. The normalized spacial score (nSPS) is 21.9. The van der Waals surface area contributed by atoms with Crippen molar-refractivity contribution in [1.82, 2.24) is 4.98 Å². The second kappa shape index (κ2) is 7.75. The highest BCUT2D eigenvalue weighted by atomic mass is 32.2. The first-order chi connectivity index (χ1) is 15.0. The van der Waals surface area contributed by atoms with E-state index in [1.165, 1.54) is 20.8 Å². The molecule has 3 rings (SSSR count). The van der Waals surface area contributed by atoms with Crippen molar-refractivity contribution in [3.05, 3.63) is 58.9 Å². The van der Waals surface area contributed by atoms with Gasteiger partial charge in [-0.15, -0.1) is 0 Å². The highest BCUT2D eigenvalue weighted by molar-refractivity contribution is 7.93. The van der Waals surface area contributed by atoms with Crippen LogP contribution >= 0.6 is 0 Å². The summed E-state index contributed by atoms with van der Waals surface area (Å²) in [4.78, 5) is 19.9. The van der Waals surface area contributed by atoms with Crippen LogP contribution in [0.5, 0.6) is 0 Å². The van der Waals surface area contributed by atoms with Gasteiger partial charge in [-0.3, -0.25) is 14.8 Å². The number of amides is 1. The maximum Gasteiger partial charge on any atom is 0.417 e. The molecule has 0 saturated heterocycles. The van der Waals surface area contributed by atoms with Gasteiger partial charge in [-0.1, -0.05) is 0 Å². The van der Waals surface area contributed by atoms with Crippen molar-refractivity contribution in [3.8, 4) is 0 Å². The summed E-state index contributed by atoms with van der Waals surface area (Å²) in [5, 5.41) is 2.21. The molecule has 0 radical (unpaired) electrons. The average Bonchev–Trinajstić information content (AvgIpc) is 2.68. The summed E-state index contributed by atoms with van der Waals surface area (Å²) in [5.41, 5.74) is 1.79. The molecule has 7 nitrogen and oxygen atoms in total. The molecule has 1 amide bonds.